The minimum absolute atomic E-state index is 0.192. The number of carbonyl (C=O) groups is 1. The molecule has 0 saturated carbocycles. The molecule has 1 amide bonds. The molecule has 1 saturated heterocycles. The zero-order valence-corrected chi connectivity index (χ0v) is 13.1. The molecule has 0 spiro atoms. The fraction of sp³-hybridized carbons (Fsp3) is 0.562. The third-order valence-electron chi connectivity index (χ3n) is 3.71. The molecule has 0 unspecified atom stereocenters. The molecule has 0 N–H and O–H groups in total. The zero-order valence-electron chi connectivity index (χ0n) is 13.1. The van der Waals surface area contributed by atoms with Gasteiger partial charge in [0.25, 0.3) is 5.91 Å². The molecular formula is C16H21F3N2O2. The Morgan fingerprint density at radius 3 is 2.52 bits per heavy atom. The number of para-hydroxylation sites is 1. The van der Waals surface area contributed by atoms with E-state index in [9.17, 15) is 18.0 Å². The molecule has 2 rings (SSSR count). The van der Waals surface area contributed by atoms with Crippen LogP contribution in [0.4, 0.5) is 13.2 Å². The number of carbonyl (C=O) groups excluding carboxylic acids is 1. The molecule has 7 heteroatoms. The molecule has 1 aromatic rings. The summed E-state index contributed by atoms with van der Waals surface area (Å²) in [6, 6.07) is 9.00. The van der Waals surface area contributed by atoms with Gasteiger partial charge in [-0.25, -0.2) is 0 Å². The standard InChI is InChI=1S/C16H21F3N2O2/c1-13(23-14-6-3-2-4-7-14)15(22)21-9-5-8-20(10-11-21)12-16(17,18)19/h2-4,6-7,13H,5,8-12H2,1H3/t13-/m0/s1. The average Bonchev–Trinajstić information content (AvgIpc) is 2.71. The van der Waals surface area contributed by atoms with E-state index in [-0.39, 0.29) is 19.0 Å². The normalized spacial score (nSPS) is 18.3. The highest BCUT2D eigenvalue weighted by Gasteiger charge is 2.32. The van der Waals surface area contributed by atoms with Gasteiger partial charge in [-0.15, -0.1) is 0 Å². The highest BCUT2D eigenvalue weighted by Crippen LogP contribution is 2.18. The first kappa shape index (κ1) is 17.6. The van der Waals surface area contributed by atoms with Crippen molar-refractivity contribution in [2.75, 3.05) is 32.7 Å². The van der Waals surface area contributed by atoms with Crippen LogP contribution in [-0.2, 0) is 4.79 Å². The summed E-state index contributed by atoms with van der Waals surface area (Å²) >= 11 is 0. The van der Waals surface area contributed by atoms with Gasteiger partial charge in [-0.3, -0.25) is 9.69 Å². The molecule has 0 aromatic heterocycles. The largest absolute Gasteiger partial charge is 0.481 e. The van der Waals surface area contributed by atoms with Gasteiger partial charge in [0.2, 0.25) is 0 Å². The predicted octanol–water partition coefficient (Wildman–Crippen LogP) is 2.55. The Morgan fingerprint density at radius 2 is 1.87 bits per heavy atom. The summed E-state index contributed by atoms with van der Waals surface area (Å²) in [5.74, 6) is 0.407. The number of hydrogen-bond donors (Lipinski definition) is 0. The van der Waals surface area contributed by atoms with Crippen LogP contribution in [0.15, 0.2) is 30.3 Å². The molecule has 1 fully saturated rings. The van der Waals surface area contributed by atoms with E-state index < -0.39 is 18.8 Å². The summed E-state index contributed by atoms with van der Waals surface area (Å²) in [6.45, 7) is 2.05. The number of amides is 1. The number of halogens is 3. The number of nitrogens with zero attached hydrogens (tertiary/aromatic N) is 2. The van der Waals surface area contributed by atoms with Crippen molar-refractivity contribution in [2.45, 2.75) is 25.6 Å². The summed E-state index contributed by atoms with van der Waals surface area (Å²) in [5, 5.41) is 0. The van der Waals surface area contributed by atoms with E-state index in [4.69, 9.17) is 4.74 Å². The third-order valence-corrected chi connectivity index (χ3v) is 3.71. The summed E-state index contributed by atoms with van der Waals surface area (Å²) < 4.78 is 43.0. The fourth-order valence-corrected chi connectivity index (χ4v) is 2.61. The first-order chi connectivity index (χ1) is 10.8. The molecular weight excluding hydrogens is 309 g/mol. The molecule has 23 heavy (non-hydrogen) atoms. The molecule has 0 bridgehead atoms. The monoisotopic (exact) mass is 330 g/mol. The predicted molar refractivity (Wildman–Crippen MR) is 80.2 cm³/mol. The van der Waals surface area contributed by atoms with Crippen molar-refractivity contribution in [1.29, 1.82) is 0 Å². The minimum atomic E-state index is -4.21. The zero-order chi connectivity index (χ0) is 16.9. The van der Waals surface area contributed by atoms with E-state index in [1.807, 2.05) is 18.2 Å². The first-order valence-corrected chi connectivity index (χ1v) is 7.65. The summed E-state index contributed by atoms with van der Waals surface area (Å²) in [6.07, 6.45) is -4.34. The quantitative estimate of drug-likeness (QED) is 0.851. The van der Waals surface area contributed by atoms with E-state index in [2.05, 4.69) is 0 Å². The van der Waals surface area contributed by atoms with Crippen LogP contribution in [0.3, 0.4) is 0 Å². The van der Waals surface area contributed by atoms with Crippen LogP contribution in [-0.4, -0.2) is 60.7 Å². The molecule has 1 heterocycles. The summed E-state index contributed by atoms with van der Waals surface area (Å²) in [5.41, 5.74) is 0. The van der Waals surface area contributed by atoms with Crippen LogP contribution in [0.1, 0.15) is 13.3 Å². The van der Waals surface area contributed by atoms with Crippen LogP contribution < -0.4 is 4.74 Å². The minimum Gasteiger partial charge on any atom is -0.481 e. The van der Waals surface area contributed by atoms with Crippen molar-refractivity contribution < 1.29 is 22.7 Å². The molecule has 1 aromatic carbocycles. The second-order valence-electron chi connectivity index (χ2n) is 5.64. The molecule has 4 nitrogen and oxygen atoms in total. The maximum Gasteiger partial charge on any atom is 0.401 e. The SMILES string of the molecule is C[C@H](Oc1ccccc1)C(=O)N1CCCN(CC(F)(F)F)CC1. The van der Waals surface area contributed by atoms with Crippen molar-refractivity contribution in [1.82, 2.24) is 9.80 Å². The Bertz CT molecular complexity index is 508. The Kier molecular flexibility index (Phi) is 5.87. The second kappa shape index (κ2) is 7.68. The van der Waals surface area contributed by atoms with Gasteiger partial charge in [0.15, 0.2) is 6.10 Å². The maximum atomic E-state index is 12.5. The van der Waals surface area contributed by atoms with Gasteiger partial charge in [-0.2, -0.15) is 13.2 Å². The van der Waals surface area contributed by atoms with Crippen molar-refractivity contribution in [3.05, 3.63) is 30.3 Å². The fourth-order valence-electron chi connectivity index (χ4n) is 2.61. The van der Waals surface area contributed by atoms with Gasteiger partial charge >= 0.3 is 6.18 Å². The Balaban J connectivity index is 1.87. The summed E-state index contributed by atoms with van der Waals surface area (Å²) in [7, 11) is 0. The summed E-state index contributed by atoms with van der Waals surface area (Å²) in [4.78, 5) is 15.3. The lowest BCUT2D eigenvalue weighted by Gasteiger charge is -2.25. The highest BCUT2D eigenvalue weighted by atomic mass is 19.4. The van der Waals surface area contributed by atoms with Gasteiger partial charge < -0.3 is 9.64 Å². The molecule has 128 valence electrons. The highest BCUT2D eigenvalue weighted by molar-refractivity contribution is 5.81. The van der Waals surface area contributed by atoms with Gasteiger partial charge in [-0.05, 0) is 25.5 Å². The number of ether oxygens (including phenoxy) is 1. The van der Waals surface area contributed by atoms with Crippen LogP contribution in [0.25, 0.3) is 0 Å². The van der Waals surface area contributed by atoms with E-state index in [1.165, 1.54) is 4.90 Å². The molecule has 1 aliphatic heterocycles. The topological polar surface area (TPSA) is 32.8 Å². The lowest BCUT2D eigenvalue weighted by molar-refractivity contribution is -0.145. The van der Waals surface area contributed by atoms with Crippen molar-refractivity contribution in [3.63, 3.8) is 0 Å². The molecule has 0 aliphatic carbocycles. The molecule has 1 aliphatic rings. The van der Waals surface area contributed by atoms with Gasteiger partial charge in [0.1, 0.15) is 5.75 Å². The van der Waals surface area contributed by atoms with Crippen LogP contribution >= 0.6 is 0 Å². The second-order valence-corrected chi connectivity index (χ2v) is 5.64. The number of alkyl halides is 3. The number of hydrogen-bond acceptors (Lipinski definition) is 3. The van der Waals surface area contributed by atoms with E-state index in [1.54, 1.807) is 24.0 Å². The van der Waals surface area contributed by atoms with Gasteiger partial charge in [-0.1, -0.05) is 18.2 Å². The van der Waals surface area contributed by atoms with Gasteiger partial charge in [0.05, 0.1) is 6.54 Å². The van der Waals surface area contributed by atoms with E-state index >= 15 is 0 Å². The van der Waals surface area contributed by atoms with Crippen molar-refractivity contribution in [3.8, 4) is 5.75 Å². The van der Waals surface area contributed by atoms with Crippen molar-refractivity contribution in [2.24, 2.45) is 0 Å². The molecule has 0 radical (unpaired) electrons. The van der Waals surface area contributed by atoms with Crippen LogP contribution in [0.5, 0.6) is 5.75 Å². The van der Waals surface area contributed by atoms with Crippen LogP contribution in [0, 0.1) is 0 Å². The van der Waals surface area contributed by atoms with E-state index in [0.717, 1.165) is 0 Å². The van der Waals surface area contributed by atoms with Gasteiger partial charge in [0, 0.05) is 26.2 Å². The Morgan fingerprint density at radius 1 is 1.17 bits per heavy atom. The third kappa shape index (κ3) is 5.74. The first-order valence-electron chi connectivity index (χ1n) is 7.65. The number of benzene rings is 1. The number of rotatable bonds is 4. The molecule has 1 atom stereocenters. The average molecular weight is 330 g/mol. The van der Waals surface area contributed by atoms with Crippen molar-refractivity contribution >= 4 is 5.91 Å². The van der Waals surface area contributed by atoms with Crippen LogP contribution in [0.2, 0.25) is 0 Å². The lowest BCUT2D eigenvalue weighted by Crippen LogP contribution is -2.43. The smallest absolute Gasteiger partial charge is 0.401 e. The lowest BCUT2D eigenvalue weighted by atomic mass is 10.3. The Hall–Kier alpha value is -1.76. The Labute approximate surface area is 133 Å². The maximum absolute atomic E-state index is 12.5. The van der Waals surface area contributed by atoms with E-state index in [0.29, 0.717) is 25.3 Å².